The van der Waals surface area contributed by atoms with Gasteiger partial charge in [-0.3, -0.25) is 9.78 Å². The summed E-state index contributed by atoms with van der Waals surface area (Å²) < 4.78 is 6.05. The van der Waals surface area contributed by atoms with Crippen molar-refractivity contribution in [3.05, 3.63) is 84.2 Å². The van der Waals surface area contributed by atoms with Gasteiger partial charge in [0.05, 0.1) is 11.9 Å². The molecule has 0 unspecified atom stereocenters. The second-order valence-corrected chi connectivity index (χ2v) is 13.1. The SMILES string of the molecule is CC(C)c1cnn2c(NCc3ccccc3-c3nccc4cc(NC(=O)/C=C/CN(C)C)ccc34)nc(NCC3CCNCC3)nc12.COC. The number of nitrogens with zero attached hydrogens (tertiary/aromatic N) is 6. The van der Waals surface area contributed by atoms with Crippen molar-refractivity contribution in [2.45, 2.75) is 39.2 Å². The van der Waals surface area contributed by atoms with E-state index < -0.39 is 0 Å². The lowest BCUT2D eigenvalue weighted by Gasteiger charge is -2.22. The number of likely N-dealkylation sites (N-methyl/N-ethyl adjacent to an activating group) is 1. The van der Waals surface area contributed by atoms with Gasteiger partial charge in [-0.1, -0.05) is 50.3 Å². The Kier molecular flexibility index (Phi) is 12.8. The maximum atomic E-state index is 12.4. The number of hydrogen-bond donors (Lipinski definition) is 4. The Morgan fingerprint density at radius 3 is 2.62 bits per heavy atom. The van der Waals surface area contributed by atoms with Crippen molar-refractivity contribution < 1.29 is 9.53 Å². The molecule has 3 aromatic heterocycles. The van der Waals surface area contributed by atoms with Crippen molar-refractivity contribution in [3.8, 4) is 11.3 Å². The van der Waals surface area contributed by atoms with E-state index in [1.807, 2.05) is 73.9 Å². The molecule has 4 heterocycles. The summed E-state index contributed by atoms with van der Waals surface area (Å²) in [6.07, 6.45) is 9.41. The number of ether oxygens (including phenoxy) is 1. The summed E-state index contributed by atoms with van der Waals surface area (Å²) in [6, 6.07) is 16.2. The number of hydrogen-bond acceptors (Lipinski definition) is 10. The molecule has 0 bridgehead atoms. The number of amides is 1. The number of methoxy groups -OCH3 is 1. The number of nitrogens with one attached hydrogen (secondary N) is 4. The van der Waals surface area contributed by atoms with Crippen molar-refractivity contribution in [2.24, 2.45) is 5.92 Å². The van der Waals surface area contributed by atoms with Gasteiger partial charge >= 0.3 is 0 Å². The number of carbonyl (C=O) groups is 1. The summed E-state index contributed by atoms with van der Waals surface area (Å²) in [6.45, 7) is 8.47. The Morgan fingerprint density at radius 2 is 1.86 bits per heavy atom. The van der Waals surface area contributed by atoms with Gasteiger partial charge in [-0.25, -0.2) is 0 Å². The Balaban J connectivity index is 0.00000156. The molecule has 1 aliphatic heterocycles. The number of pyridine rings is 1. The standard InChI is InChI=1S/C36H44N10O.C2H6O/c1-24(2)31-23-41-46-34(31)43-35(39-21-25-13-16-37-17-14-25)44-36(46)40-22-27-8-5-6-9-29(27)33-30-12-11-28(20-26(30)15-18-38-33)42-32(47)10-7-19-45(3)4;1-3-2/h5-12,15,18,20,23-25,37H,13-14,16-17,19,21-22H2,1-4H3,(H,42,47)(H2,39,40,43,44);1-2H3/b10-7+;. The van der Waals surface area contributed by atoms with Crippen LogP contribution < -0.4 is 21.3 Å². The lowest BCUT2D eigenvalue weighted by molar-refractivity contribution is -0.111. The second kappa shape index (κ2) is 17.7. The zero-order valence-electron chi connectivity index (χ0n) is 30.0. The van der Waals surface area contributed by atoms with Gasteiger partial charge in [-0.2, -0.15) is 19.6 Å². The van der Waals surface area contributed by atoms with Gasteiger partial charge in [0.1, 0.15) is 0 Å². The van der Waals surface area contributed by atoms with E-state index in [9.17, 15) is 4.79 Å². The smallest absolute Gasteiger partial charge is 0.248 e. The third-order valence-electron chi connectivity index (χ3n) is 8.51. The lowest BCUT2D eigenvalue weighted by atomic mass is 9.98. The third-order valence-corrected chi connectivity index (χ3v) is 8.51. The largest absolute Gasteiger partial charge is 0.388 e. The zero-order valence-corrected chi connectivity index (χ0v) is 30.0. The summed E-state index contributed by atoms with van der Waals surface area (Å²) in [5.41, 5.74) is 5.60. The van der Waals surface area contributed by atoms with Crippen LogP contribution in [0.2, 0.25) is 0 Å². The van der Waals surface area contributed by atoms with Crippen molar-refractivity contribution >= 4 is 39.9 Å². The highest BCUT2D eigenvalue weighted by Gasteiger charge is 2.18. The van der Waals surface area contributed by atoms with Gasteiger partial charge in [0, 0.05) is 68.3 Å². The lowest BCUT2D eigenvalue weighted by Crippen LogP contribution is -2.31. The molecule has 1 fully saturated rings. The number of rotatable bonds is 12. The van der Waals surface area contributed by atoms with Crippen LogP contribution in [0, 0.1) is 5.92 Å². The number of anilines is 3. The molecule has 12 heteroatoms. The topological polar surface area (TPSA) is 134 Å². The molecule has 5 aromatic rings. The predicted octanol–water partition coefficient (Wildman–Crippen LogP) is 5.81. The van der Waals surface area contributed by atoms with E-state index in [-0.39, 0.29) is 11.8 Å². The summed E-state index contributed by atoms with van der Waals surface area (Å²) in [4.78, 5) is 29.0. The molecule has 1 saturated heterocycles. The fourth-order valence-electron chi connectivity index (χ4n) is 5.92. The maximum absolute atomic E-state index is 12.4. The highest BCUT2D eigenvalue weighted by atomic mass is 16.4. The Hall–Kier alpha value is -4.91. The van der Waals surface area contributed by atoms with Gasteiger partial charge < -0.3 is 30.9 Å². The fourth-order valence-corrected chi connectivity index (χ4v) is 5.92. The minimum atomic E-state index is -0.155. The van der Waals surface area contributed by atoms with Crippen LogP contribution in [0.4, 0.5) is 17.6 Å². The van der Waals surface area contributed by atoms with Gasteiger partial charge in [-0.05, 0) is 81.0 Å². The first-order chi connectivity index (χ1) is 24.3. The third kappa shape index (κ3) is 9.41. The molecule has 12 nitrogen and oxygen atoms in total. The molecule has 0 atom stereocenters. The number of piperidine rings is 1. The van der Waals surface area contributed by atoms with Crippen molar-refractivity contribution in [1.29, 1.82) is 0 Å². The van der Waals surface area contributed by atoms with Crippen molar-refractivity contribution in [2.75, 3.05) is 70.4 Å². The summed E-state index contributed by atoms with van der Waals surface area (Å²) >= 11 is 0. The predicted molar refractivity (Wildman–Crippen MR) is 203 cm³/mol. The summed E-state index contributed by atoms with van der Waals surface area (Å²) in [5, 5.41) is 20.1. The van der Waals surface area contributed by atoms with Crippen molar-refractivity contribution in [1.82, 2.24) is 34.8 Å². The molecule has 0 saturated carbocycles. The van der Waals surface area contributed by atoms with Crippen LogP contribution in [0.5, 0.6) is 0 Å². The normalized spacial score (nSPS) is 13.6. The van der Waals surface area contributed by atoms with E-state index in [1.165, 1.54) is 0 Å². The van der Waals surface area contributed by atoms with Crippen LogP contribution in [-0.2, 0) is 16.1 Å². The molecule has 0 spiro atoms. The monoisotopic (exact) mass is 678 g/mol. The zero-order chi connectivity index (χ0) is 35.5. The molecule has 1 amide bonds. The Labute approximate surface area is 294 Å². The van der Waals surface area contributed by atoms with E-state index in [0.29, 0.717) is 30.9 Å². The molecule has 0 radical (unpaired) electrons. The molecule has 6 rings (SSSR count). The molecule has 0 aliphatic carbocycles. The molecule has 4 N–H and O–H groups in total. The van der Waals surface area contributed by atoms with E-state index in [2.05, 4.69) is 57.1 Å². The van der Waals surface area contributed by atoms with Gasteiger partial charge in [0.2, 0.25) is 17.8 Å². The van der Waals surface area contributed by atoms with Gasteiger partial charge in [-0.15, -0.1) is 0 Å². The molecular weight excluding hydrogens is 628 g/mol. The molecule has 2 aromatic carbocycles. The van der Waals surface area contributed by atoms with E-state index in [4.69, 9.17) is 15.0 Å². The van der Waals surface area contributed by atoms with Crippen molar-refractivity contribution in [3.63, 3.8) is 0 Å². The van der Waals surface area contributed by atoms with Crippen LogP contribution in [0.1, 0.15) is 43.7 Å². The first kappa shape index (κ1) is 36.4. The highest BCUT2D eigenvalue weighted by molar-refractivity contribution is 6.02. The first-order valence-corrected chi connectivity index (χ1v) is 17.2. The summed E-state index contributed by atoms with van der Waals surface area (Å²) in [7, 11) is 7.18. The van der Waals surface area contributed by atoms with E-state index >= 15 is 0 Å². The van der Waals surface area contributed by atoms with Crippen LogP contribution in [-0.4, -0.2) is 89.9 Å². The Bertz CT molecular complexity index is 1900. The Morgan fingerprint density at radius 1 is 1.08 bits per heavy atom. The highest BCUT2D eigenvalue weighted by Crippen LogP contribution is 2.31. The average Bonchev–Trinajstić information content (AvgIpc) is 3.55. The fraction of sp³-hybridized carbons (Fsp3) is 0.395. The number of aromatic nitrogens is 5. The van der Waals surface area contributed by atoms with Gasteiger partial charge in [0.15, 0.2) is 5.65 Å². The van der Waals surface area contributed by atoms with Crippen LogP contribution in [0.15, 0.2) is 73.1 Å². The molecule has 50 heavy (non-hydrogen) atoms. The minimum absolute atomic E-state index is 0.155. The van der Waals surface area contributed by atoms with Crippen LogP contribution in [0.25, 0.3) is 27.7 Å². The first-order valence-electron chi connectivity index (χ1n) is 17.2. The maximum Gasteiger partial charge on any atom is 0.248 e. The molecule has 1 aliphatic rings. The van der Waals surface area contributed by atoms with E-state index in [1.54, 1.807) is 24.8 Å². The van der Waals surface area contributed by atoms with Crippen LogP contribution in [0.3, 0.4) is 0 Å². The van der Waals surface area contributed by atoms with E-state index in [0.717, 1.165) is 77.0 Å². The molecule has 264 valence electrons. The summed E-state index contributed by atoms with van der Waals surface area (Å²) in [5.74, 6) is 1.97. The van der Waals surface area contributed by atoms with Gasteiger partial charge in [0.25, 0.3) is 0 Å². The van der Waals surface area contributed by atoms with Crippen LogP contribution >= 0.6 is 0 Å². The average molecular weight is 679 g/mol. The molecular formula is C38H50N10O2. The number of benzene rings is 2. The minimum Gasteiger partial charge on any atom is -0.388 e. The number of carbonyl (C=O) groups excluding carboxylic acids is 1. The number of fused-ring (bicyclic) bond motifs is 2. The quantitative estimate of drug-likeness (QED) is 0.120. The second-order valence-electron chi connectivity index (χ2n) is 13.1.